The van der Waals surface area contributed by atoms with E-state index in [0.717, 1.165) is 15.6 Å². The van der Waals surface area contributed by atoms with Gasteiger partial charge in [-0.05, 0) is 30.7 Å². The molecule has 4 heteroatoms. The Morgan fingerprint density at radius 1 is 1.14 bits per heavy atom. The first-order chi connectivity index (χ1) is 10.1. The first-order valence-electron chi connectivity index (χ1n) is 6.44. The Hall–Kier alpha value is -2.20. The van der Waals surface area contributed by atoms with Gasteiger partial charge in [-0.25, -0.2) is 4.98 Å². The van der Waals surface area contributed by atoms with Gasteiger partial charge in [-0.15, -0.1) is 0 Å². The van der Waals surface area contributed by atoms with Crippen molar-refractivity contribution in [1.82, 2.24) is 4.98 Å². The maximum atomic E-state index is 11.4. The minimum absolute atomic E-state index is 0.165. The summed E-state index contributed by atoms with van der Waals surface area (Å²) >= 11 is 3.41. The highest BCUT2D eigenvalue weighted by Gasteiger charge is 2.10. The second-order valence-electron chi connectivity index (χ2n) is 4.82. The van der Waals surface area contributed by atoms with Crippen LogP contribution in [0.3, 0.4) is 0 Å². The van der Waals surface area contributed by atoms with E-state index < -0.39 is 5.97 Å². The SMILES string of the molecule is Cc1cccc2c(C(=O)[O-])cc(-c3cccc(Br)c3)nc12. The second kappa shape index (κ2) is 5.30. The largest absolute Gasteiger partial charge is 0.545 e. The van der Waals surface area contributed by atoms with Gasteiger partial charge in [-0.2, -0.15) is 0 Å². The molecule has 0 unspecified atom stereocenters. The lowest BCUT2D eigenvalue weighted by molar-refractivity contribution is -0.254. The van der Waals surface area contributed by atoms with Crippen LogP contribution >= 0.6 is 15.9 Å². The molecular formula is C17H11BrNO2-. The number of pyridine rings is 1. The van der Waals surface area contributed by atoms with Gasteiger partial charge >= 0.3 is 0 Å². The maximum Gasteiger partial charge on any atom is 0.0745 e. The van der Waals surface area contributed by atoms with Crippen molar-refractivity contribution in [2.45, 2.75) is 6.92 Å². The highest BCUT2D eigenvalue weighted by atomic mass is 79.9. The highest BCUT2D eigenvalue weighted by Crippen LogP contribution is 2.27. The number of nitrogens with zero attached hydrogens (tertiary/aromatic N) is 1. The third-order valence-corrected chi connectivity index (χ3v) is 3.87. The first-order valence-corrected chi connectivity index (χ1v) is 7.23. The molecule has 0 bridgehead atoms. The summed E-state index contributed by atoms with van der Waals surface area (Å²) in [5, 5.41) is 12.0. The Balaban J connectivity index is 2.35. The van der Waals surface area contributed by atoms with Crippen molar-refractivity contribution in [1.29, 1.82) is 0 Å². The zero-order valence-corrected chi connectivity index (χ0v) is 12.8. The van der Waals surface area contributed by atoms with E-state index >= 15 is 0 Å². The smallest absolute Gasteiger partial charge is 0.0745 e. The standard InChI is InChI=1S/C17H12BrNO2/c1-10-4-2-7-13-14(17(20)21)9-15(19-16(10)13)11-5-3-6-12(18)8-11/h2-9H,1H3,(H,20,21)/p-1. The molecule has 21 heavy (non-hydrogen) atoms. The number of rotatable bonds is 2. The van der Waals surface area contributed by atoms with E-state index in [1.165, 1.54) is 0 Å². The molecule has 0 aliphatic heterocycles. The number of halogens is 1. The molecule has 2 aromatic carbocycles. The number of carboxylic acid groups (broad SMARTS) is 1. The summed E-state index contributed by atoms with van der Waals surface area (Å²) < 4.78 is 0.918. The van der Waals surface area contributed by atoms with Crippen LogP contribution in [0.2, 0.25) is 0 Å². The molecule has 0 saturated heterocycles. The summed E-state index contributed by atoms with van der Waals surface area (Å²) in [7, 11) is 0. The average molecular weight is 341 g/mol. The van der Waals surface area contributed by atoms with Crippen molar-refractivity contribution in [3.63, 3.8) is 0 Å². The Morgan fingerprint density at radius 3 is 2.62 bits per heavy atom. The number of fused-ring (bicyclic) bond motifs is 1. The minimum atomic E-state index is -1.19. The van der Waals surface area contributed by atoms with Crippen LogP contribution in [0.25, 0.3) is 22.2 Å². The summed E-state index contributed by atoms with van der Waals surface area (Å²) in [6.07, 6.45) is 0. The van der Waals surface area contributed by atoms with Crippen molar-refractivity contribution in [2.75, 3.05) is 0 Å². The molecule has 104 valence electrons. The van der Waals surface area contributed by atoms with Gasteiger partial charge in [0, 0.05) is 21.0 Å². The van der Waals surface area contributed by atoms with Crippen molar-refractivity contribution in [3.8, 4) is 11.3 Å². The third-order valence-electron chi connectivity index (χ3n) is 3.38. The number of carbonyl (C=O) groups is 1. The van der Waals surface area contributed by atoms with Crippen molar-refractivity contribution in [2.24, 2.45) is 0 Å². The van der Waals surface area contributed by atoms with Crippen LogP contribution in [-0.2, 0) is 0 Å². The van der Waals surface area contributed by atoms with E-state index in [-0.39, 0.29) is 5.56 Å². The van der Waals surface area contributed by atoms with Crippen LogP contribution in [0.4, 0.5) is 0 Å². The first kappa shape index (κ1) is 13.8. The Morgan fingerprint density at radius 2 is 1.90 bits per heavy atom. The molecule has 0 aliphatic rings. The lowest BCUT2D eigenvalue weighted by Gasteiger charge is -2.12. The average Bonchev–Trinajstić information content (AvgIpc) is 2.46. The zero-order chi connectivity index (χ0) is 15.0. The minimum Gasteiger partial charge on any atom is -0.545 e. The fourth-order valence-corrected chi connectivity index (χ4v) is 2.76. The number of hydrogen-bond acceptors (Lipinski definition) is 3. The van der Waals surface area contributed by atoms with E-state index in [0.29, 0.717) is 16.6 Å². The fraction of sp³-hybridized carbons (Fsp3) is 0.0588. The van der Waals surface area contributed by atoms with Crippen LogP contribution in [0.1, 0.15) is 15.9 Å². The number of para-hydroxylation sites is 1. The lowest BCUT2D eigenvalue weighted by atomic mass is 10.0. The molecule has 0 amide bonds. The number of aromatic carboxylic acids is 1. The van der Waals surface area contributed by atoms with Crippen molar-refractivity contribution >= 4 is 32.8 Å². The van der Waals surface area contributed by atoms with Crippen LogP contribution in [-0.4, -0.2) is 11.0 Å². The van der Waals surface area contributed by atoms with Crippen LogP contribution in [0.15, 0.2) is 53.0 Å². The summed E-state index contributed by atoms with van der Waals surface area (Å²) in [6, 6.07) is 14.7. The van der Waals surface area contributed by atoms with E-state index in [1.807, 2.05) is 43.3 Å². The van der Waals surface area contributed by atoms with E-state index in [4.69, 9.17) is 0 Å². The monoisotopic (exact) mass is 340 g/mol. The molecule has 3 aromatic rings. The topological polar surface area (TPSA) is 53.0 Å². The highest BCUT2D eigenvalue weighted by molar-refractivity contribution is 9.10. The number of aryl methyl sites for hydroxylation is 1. The summed E-state index contributed by atoms with van der Waals surface area (Å²) in [5.41, 5.74) is 3.27. The summed E-state index contributed by atoms with van der Waals surface area (Å²) in [5.74, 6) is -1.19. The van der Waals surface area contributed by atoms with Crippen LogP contribution < -0.4 is 5.11 Å². The van der Waals surface area contributed by atoms with E-state index in [1.54, 1.807) is 12.1 Å². The number of carbonyl (C=O) groups excluding carboxylic acids is 1. The van der Waals surface area contributed by atoms with Gasteiger partial charge in [0.15, 0.2) is 0 Å². The molecule has 1 aromatic heterocycles. The maximum absolute atomic E-state index is 11.4. The van der Waals surface area contributed by atoms with Crippen LogP contribution in [0.5, 0.6) is 0 Å². The van der Waals surface area contributed by atoms with Gasteiger partial charge in [0.1, 0.15) is 0 Å². The number of carboxylic acids is 1. The van der Waals surface area contributed by atoms with Gasteiger partial charge in [-0.1, -0.05) is 46.3 Å². The molecule has 0 saturated carbocycles. The molecule has 3 nitrogen and oxygen atoms in total. The van der Waals surface area contributed by atoms with E-state index in [2.05, 4.69) is 20.9 Å². The van der Waals surface area contributed by atoms with Gasteiger partial charge in [0.2, 0.25) is 0 Å². The predicted octanol–water partition coefficient (Wildman–Crippen LogP) is 3.34. The number of hydrogen-bond donors (Lipinski definition) is 0. The predicted molar refractivity (Wildman–Crippen MR) is 83.9 cm³/mol. The fourth-order valence-electron chi connectivity index (χ4n) is 2.36. The molecule has 0 radical (unpaired) electrons. The number of aromatic nitrogens is 1. The molecule has 3 rings (SSSR count). The third kappa shape index (κ3) is 2.54. The van der Waals surface area contributed by atoms with Gasteiger partial charge in [0.05, 0.1) is 17.2 Å². The van der Waals surface area contributed by atoms with E-state index in [9.17, 15) is 9.90 Å². The molecule has 1 heterocycles. The van der Waals surface area contributed by atoms with Crippen molar-refractivity contribution < 1.29 is 9.90 Å². The normalized spacial score (nSPS) is 10.8. The lowest BCUT2D eigenvalue weighted by Crippen LogP contribution is -2.22. The molecule has 0 aliphatic carbocycles. The zero-order valence-electron chi connectivity index (χ0n) is 11.3. The molecule has 0 N–H and O–H groups in total. The molecule has 0 spiro atoms. The van der Waals surface area contributed by atoms with Gasteiger partial charge in [0.25, 0.3) is 0 Å². The van der Waals surface area contributed by atoms with Crippen molar-refractivity contribution in [3.05, 3.63) is 64.1 Å². The Bertz CT molecular complexity index is 859. The second-order valence-corrected chi connectivity index (χ2v) is 5.74. The van der Waals surface area contributed by atoms with Gasteiger partial charge < -0.3 is 9.90 Å². The Kier molecular flexibility index (Phi) is 3.47. The summed E-state index contributed by atoms with van der Waals surface area (Å²) in [6.45, 7) is 1.92. The quantitative estimate of drug-likeness (QED) is 0.718. The number of benzene rings is 2. The molecule has 0 fully saturated rings. The van der Waals surface area contributed by atoms with Crippen LogP contribution in [0, 0.1) is 6.92 Å². The Labute approximate surface area is 130 Å². The summed E-state index contributed by atoms with van der Waals surface area (Å²) in [4.78, 5) is 16.0. The van der Waals surface area contributed by atoms with Gasteiger partial charge in [-0.3, -0.25) is 0 Å². The molecular weight excluding hydrogens is 330 g/mol. The molecule has 0 atom stereocenters.